The van der Waals surface area contributed by atoms with Gasteiger partial charge in [-0.25, -0.2) is 15.0 Å². The Morgan fingerprint density at radius 3 is 2.70 bits per heavy atom. The summed E-state index contributed by atoms with van der Waals surface area (Å²) in [6.45, 7) is 0.561. The van der Waals surface area contributed by atoms with E-state index in [2.05, 4.69) is 25.3 Å². The van der Waals surface area contributed by atoms with Crippen molar-refractivity contribution in [2.45, 2.75) is 6.04 Å². The molecule has 116 valence electrons. The summed E-state index contributed by atoms with van der Waals surface area (Å²) in [5.74, 6) is 0.451. The summed E-state index contributed by atoms with van der Waals surface area (Å²) in [5, 5.41) is 3.16. The molecule has 3 aromatic heterocycles. The van der Waals surface area contributed by atoms with Crippen LogP contribution in [-0.4, -0.2) is 33.0 Å². The van der Waals surface area contributed by atoms with Crippen molar-refractivity contribution >= 4 is 23.8 Å². The van der Waals surface area contributed by atoms with Crippen molar-refractivity contribution in [1.82, 2.24) is 19.9 Å². The molecular weight excluding hydrogens is 314 g/mol. The van der Waals surface area contributed by atoms with E-state index < -0.39 is 0 Å². The third kappa shape index (κ3) is 3.67. The van der Waals surface area contributed by atoms with Crippen molar-refractivity contribution in [1.29, 1.82) is 0 Å². The number of anilines is 1. The molecule has 0 amide bonds. The molecule has 0 aliphatic heterocycles. The van der Waals surface area contributed by atoms with Gasteiger partial charge in [0.25, 0.3) is 6.47 Å². The van der Waals surface area contributed by atoms with Crippen LogP contribution in [0.25, 0.3) is 11.4 Å². The van der Waals surface area contributed by atoms with E-state index in [-0.39, 0.29) is 12.6 Å². The Bertz CT molecular complexity index is 751. The standard InChI is InChI=1S/C15H13N5O2S/c21-10-22-8-12(20-15-17-6-3-7-18-15)14-13(19-9-23-14)11-4-1-2-5-16-11/h1-7,9-10,12H,8H2,(H,17,18,20). The Morgan fingerprint density at radius 2 is 1.96 bits per heavy atom. The number of pyridine rings is 1. The SMILES string of the molecule is O=COCC(Nc1ncccn1)c1scnc1-c1ccccn1. The molecule has 0 aliphatic rings. The smallest absolute Gasteiger partial charge is 0.293 e. The maximum absolute atomic E-state index is 10.6. The van der Waals surface area contributed by atoms with Gasteiger partial charge in [0.2, 0.25) is 5.95 Å². The van der Waals surface area contributed by atoms with Crippen LogP contribution in [0.15, 0.2) is 48.4 Å². The molecule has 3 aromatic rings. The van der Waals surface area contributed by atoms with Crippen molar-refractivity contribution < 1.29 is 9.53 Å². The molecule has 0 aromatic carbocycles. The third-order valence-electron chi connectivity index (χ3n) is 3.02. The normalized spacial score (nSPS) is 11.7. The van der Waals surface area contributed by atoms with Gasteiger partial charge in [0, 0.05) is 18.6 Å². The molecule has 0 radical (unpaired) electrons. The van der Waals surface area contributed by atoms with Crippen LogP contribution in [0, 0.1) is 0 Å². The molecule has 1 unspecified atom stereocenters. The number of rotatable bonds is 7. The molecule has 0 fully saturated rings. The molecular formula is C15H13N5O2S. The number of hydrogen-bond acceptors (Lipinski definition) is 8. The minimum absolute atomic E-state index is 0.143. The highest BCUT2D eigenvalue weighted by Gasteiger charge is 2.21. The van der Waals surface area contributed by atoms with Crippen LogP contribution < -0.4 is 5.32 Å². The number of ether oxygens (including phenoxy) is 1. The van der Waals surface area contributed by atoms with Gasteiger partial charge in [-0.1, -0.05) is 6.07 Å². The van der Waals surface area contributed by atoms with Crippen molar-refractivity contribution in [2.75, 3.05) is 11.9 Å². The van der Waals surface area contributed by atoms with Gasteiger partial charge >= 0.3 is 0 Å². The second-order valence-electron chi connectivity index (χ2n) is 4.48. The van der Waals surface area contributed by atoms with Gasteiger partial charge in [0.15, 0.2) is 0 Å². The number of hydrogen-bond donors (Lipinski definition) is 1. The highest BCUT2D eigenvalue weighted by molar-refractivity contribution is 7.10. The molecule has 3 heterocycles. The number of carbonyl (C=O) groups is 1. The molecule has 3 rings (SSSR count). The first-order chi connectivity index (χ1) is 11.4. The molecule has 1 atom stereocenters. The topological polar surface area (TPSA) is 89.9 Å². The minimum atomic E-state index is -0.313. The Kier molecular flexibility index (Phi) is 4.85. The van der Waals surface area contributed by atoms with E-state index in [0.29, 0.717) is 12.4 Å². The molecule has 0 saturated heterocycles. The molecule has 0 spiro atoms. The van der Waals surface area contributed by atoms with Crippen LogP contribution >= 0.6 is 11.3 Å². The fourth-order valence-electron chi connectivity index (χ4n) is 2.05. The third-order valence-corrected chi connectivity index (χ3v) is 3.96. The van der Waals surface area contributed by atoms with Crippen LogP contribution in [0.4, 0.5) is 5.95 Å². The predicted octanol–water partition coefficient (Wildman–Crippen LogP) is 2.32. The van der Waals surface area contributed by atoms with E-state index >= 15 is 0 Å². The highest BCUT2D eigenvalue weighted by atomic mass is 32.1. The van der Waals surface area contributed by atoms with Crippen molar-refractivity contribution in [3.63, 3.8) is 0 Å². The van der Waals surface area contributed by atoms with Gasteiger partial charge in [0.05, 0.1) is 22.1 Å². The highest BCUT2D eigenvalue weighted by Crippen LogP contribution is 2.31. The summed E-state index contributed by atoms with van der Waals surface area (Å²) in [6, 6.07) is 7.05. The quantitative estimate of drug-likeness (QED) is 0.666. The summed E-state index contributed by atoms with van der Waals surface area (Å²) in [7, 11) is 0. The van der Waals surface area contributed by atoms with Crippen LogP contribution in [-0.2, 0) is 9.53 Å². The van der Waals surface area contributed by atoms with E-state index in [0.717, 1.165) is 16.3 Å². The van der Waals surface area contributed by atoms with Crippen molar-refractivity contribution in [3.8, 4) is 11.4 Å². The molecule has 0 aliphatic carbocycles. The van der Waals surface area contributed by atoms with Gasteiger partial charge < -0.3 is 10.1 Å². The monoisotopic (exact) mass is 327 g/mol. The lowest BCUT2D eigenvalue weighted by molar-refractivity contribution is -0.129. The molecule has 0 bridgehead atoms. The van der Waals surface area contributed by atoms with Crippen molar-refractivity contribution in [2.24, 2.45) is 0 Å². The fourth-order valence-corrected chi connectivity index (χ4v) is 2.88. The molecule has 0 saturated carbocycles. The van der Waals surface area contributed by atoms with Crippen LogP contribution in [0.1, 0.15) is 10.9 Å². The molecule has 8 heteroatoms. The Labute approximate surface area is 136 Å². The summed E-state index contributed by atoms with van der Waals surface area (Å²) in [5.41, 5.74) is 3.25. The fraction of sp³-hybridized carbons (Fsp3) is 0.133. The minimum Gasteiger partial charge on any atom is -0.465 e. The number of nitrogens with zero attached hydrogens (tertiary/aromatic N) is 4. The zero-order valence-corrected chi connectivity index (χ0v) is 12.8. The second-order valence-corrected chi connectivity index (χ2v) is 5.37. The zero-order valence-electron chi connectivity index (χ0n) is 12.0. The predicted molar refractivity (Wildman–Crippen MR) is 85.8 cm³/mol. The van der Waals surface area contributed by atoms with Crippen molar-refractivity contribution in [3.05, 3.63) is 53.2 Å². The van der Waals surface area contributed by atoms with Gasteiger partial charge in [-0.2, -0.15) is 0 Å². The van der Waals surface area contributed by atoms with E-state index in [1.54, 1.807) is 30.2 Å². The second kappa shape index (κ2) is 7.41. The van der Waals surface area contributed by atoms with E-state index in [9.17, 15) is 4.79 Å². The number of thiazole rings is 1. The van der Waals surface area contributed by atoms with Crippen LogP contribution in [0.3, 0.4) is 0 Å². The van der Waals surface area contributed by atoms with Gasteiger partial charge in [-0.05, 0) is 18.2 Å². The average molecular weight is 327 g/mol. The van der Waals surface area contributed by atoms with Crippen LogP contribution in [0.5, 0.6) is 0 Å². The largest absolute Gasteiger partial charge is 0.465 e. The zero-order chi connectivity index (χ0) is 15.9. The number of aromatic nitrogens is 4. The Morgan fingerprint density at radius 1 is 1.13 bits per heavy atom. The maximum atomic E-state index is 10.6. The molecule has 1 N–H and O–H groups in total. The maximum Gasteiger partial charge on any atom is 0.293 e. The first-order valence-electron chi connectivity index (χ1n) is 6.82. The van der Waals surface area contributed by atoms with E-state index in [1.165, 1.54) is 11.3 Å². The Hall–Kier alpha value is -2.87. The first kappa shape index (κ1) is 15.0. The first-order valence-corrected chi connectivity index (χ1v) is 7.70. The van der Waals surface area contributed by atoms with E-state index in [4.69, 9.17) is 4.74 Å². The lowest BCUT2D eigenvalue weighted by Gasteiger charge is -2.17. The van der Waals surface area contributed by atoms with Gasteiger partial charge in [-0.15, -0.1) is 11.3 Å². The van der Waals surface area contributed by atoms with Gasteiger partial charge in [-0.3, -0.25) is 9.78 Å². The van der Waals surface area contributed by atoms with Gasteiger partial charge in [0.1, 0.15) is 12.3 Å². The summed E-state index contributed by atoms with van der Waals surface area (Å²) in [4.78, 5) is 28.5. The van der Waals surface area contributed by atoms with E-state index in [1.807, 2.05) is 18.2 Å². The molecule has 23 heavy (non-hydrogen) atoms. The molecule has 7 nitrogen and oxygen atoms in total. The summed E-state index contributed by atoms with van der Waals surface area (Å²) >= 11 is 1.46. The lowest BCUT2D eigenvalue weighted by Crippen LogP contribution is -2.18. The van der Waals surface area contributed by atoms with Crippen LogP contribution in [0.2, 0.25) is 0 Å². The summed E-state index contributed by atoms with van der Waals surface area (Å²) in [6.07, 6.45) is 4.99. The lowest BCUT2D eigenvalue weighted by atomic mass is 10.1. The number of carbonyl (C=O) groups excluding carboxylic acids is 1. The summed E-state index contributed by atoms with van der Waals surface area (Å²) < 4.78 is 4.94. The number of nitrogens with one attached hydrogen (secondary N) is 1. The average Bonchev–Trinajstić information content (AvgIpc) is 3.10. The Balaban J connectivity index is 1.91.